The lowest BCUT2D eigenvalue weighted by atomic mass is 10.1. The van der Waals surface area contributed by atoms with Crippen molar-refractivity contribution in [1.29, 1.82) is 0 Å². The molecule has 9 heteroatoms. The number of anilines is 1. The van der Waals surface area contributed by atoms with Crippen LogP contribution in [-0.4, -0.2) is 24.9 Å². The van der Waals surface area contributed by atoms with Crippen molar-refractivity contribution in [2.75, 3.05) is 5.32 Å². The maximum Gasteiger partial charge on any atom is 0.257 e. The number of rotatable bonds is 4. The first kappa shape index (κ1) is 13.7. The van der Waals surface area contributed by atoms with E-state index in [0.717, 1.165) is 16.9 Å². The average molecular weight is 298 g/mol. The highest BCUT2D eigenvalue weighted by molar-refractivity contribution is 7.81. The standard InChI is InChI=1S/C10H10N4O3S2/c11-5-6-1-3-7(4-2-6)8(15)12-9-13-14-10(18-9)19(16)17/h1-4H,5,11H2,(H,16,17)(H,12,13,15). The van der Waals surface area contributed by atoms with Crippen LogP contribution in [0.2, 0.25) is 0 Å². The quantitative estimate of drug-likeness (QED) is 0.568. The highest BCUT2D eigenvalue weighted by atomic mass is 32.2. The van der Waals surface area contributed by atoms with Crippen LogP contribution in [0, 0.1) is 0 Å². The number of carbonyl (C=O) groups excluding carboxylic acids is 1. The second kappa shape index (κ2) is 5.97. The lowest BCUT2D eigenvalue weighted by molar-refractivity contribution is 0.102. The summed E-state index contributed by atoms with van der Waals surface area (Å²) in [6, 6.07) is 6.79. The zero-order valence-electron chi connectivity index (χ0n) is 9.57. The van der Waals surface area contributed by atoms with Gasteiger partial charge in [0.2, 0.25) is 20.6 Å². The Kier molecular flexibility index (Phi) is 4.32. The molecule has 0 bridgehead atoms. The molecule has 1 heterocycles. The van der Waals surface area contributed by atoms with Crippen molar-refractivity contribution in [1.82, 2.24) is 10.2 Å². The maximum absolute atomic E-state index is 11.9. The molecule has 100 valence electrons. The van der Waals surface area contributed by atoms with Crippen molar-refractivity contribution in [3.05, 3.63) is 35.4 Å². The molecule has 4 N–H and O–H groups in total. The summed E-state index contributed by atoms with van der Waals surface area (Å²) in [4.78, 5) is 11.9. The summed E-state index contributed by atoms with van der Waals surface area (Å²) >= 11 is -1.34. The summed E-state index contributed by atoms with van der Waals surface area (Å²) in [5.41, 5.74) is 6.83. The van der Waals surface area contributed by atoms with Crippen LogP contribution in [0.25, 0.3) is 0 Å². The van der Waals surface area contributed by atoms with Gasteiger partial charge in [0.15, 0.2) is 0 Å². The van der Waals surface area contributed by atoms with E-state index in [2.05, 4.69) is 15.5 Å². The van der Waals surface area contributed by atoms with Crippen LogP contribution in [0.3, 0.4) is 0 Å². The number of nitrogens with one attached hydrogen (secondary N) is 1. The lowest BCUT2D eigenvalue weighted by Crippen LogP contribution is -2.11. The molecule has 1 unspecified atom stereocenters. The minimum Gasteiger partial charge on any atom is -0.326 e. The van der Waals surface area contributed by atoms with E-state index in [4.69, 9.17) is 10.3 Å². The Labute approximate surface area is 115 Å². The van der Waals surface area contributed by atoms with Crippen LogP contribution in [-0.2, 0) is 17.6 Å². The Balaban J connectivity index is 2.08. The third kappa shape index (κ3) is 3.41. The Morgan fingerprint density at radius 1 is 1.37 bits per heavy atom. The molecule has 0 saturated heterocycles. The van der Waals surface area contributed by atoms with Crippen LogP contribution in [0.1, 0.15) is 15.9 Å². The summed E-state index contributed by atoms with van der Waals surface area (Å²) in [5.74, 6) is -0.366. The minimum absolute atomic E-state index is 0.0613. The van der Waals surface area contributed by atoms with Crippen molar-refractivity contribution in [2.24, 2.45) is 5.73 Å². The first-order valence-electron chi connectivity index (χ1n) is 5.15. The summed E-state index contributed by atoms with van der Waals surface area (Å²) in [6.07, 6.45) is 0. The van der Waals surface area contributed by atoms with E-state index >= 15 is 0 Å². The van der Waals surface area contributed by atoms with Crippen LogP contribution in [0.4, 0.5) is 5.13 Å². The maximum atomic E-state index is 11.9. The number of amides is 1. The summed E-state index contributed by atoms with van der Waals surface area (Å²) < 4.78 is 19.5. The van der Waals surface area contributed by atoms with E-state index in [1.807, 2.05) is 0 Å². The number of aromatic nitrogens is 2. The van der Waals surface area contributed by atoms with E-state index in [0.29, 0.717) is 12.1 Å². The average Bonchev–Trinajstić information content (AvgIpc) is 2.87. The Morgan fingerprint density at radius 3 is 2.58 bits per heavy atom. The van der Waals surface area contributed by atoms with E-state index in [-0.39, 0.29) is 15.4 Å². The van der Waals surface area contributed by atoms with Gasteiger partial charge in [0.05, 0.1) is 0 Å². The fraction of sp³-hybridized carbons (Fsp3) is 0.100. The summed E-state index contributed by atoms with van der Waals surface area (Å²) in [5, 5.41) is 9.75. The number of carbonyl (C=O) groups is 1. The number of hydrogen-bond donors (Lipinski definition) is 3. The molecule has 2 aromatic rings. The zero-order valence-corrected chi connectivity index (χ0v) is 11.2. The molecule has 0 radical (unpaired) electrons. The van der Waals surface area contributed by atoms with Gasteiger partial charge in [-0.15, -0.1) is 10.2 Å². The van der Waals surface area contributed by atoms with Gasteiger partial charge >= 0.3 is 0 Å². The van der Waals surface area contributed by atoms with E-state index in [9.17, 15) is 9.00 Å². The molecule has 1 atom stereocenters. The SMILES string of the molecule is NCc1ccc(C(=O)Nc2nnc(S(=O)O)s2)cc1. The predicted molar refractivity (Wildman–Crippen MR) is 71.2 cm³/mol. The van der Waals surface area contributed by atoms with Gasteiger partial charge in [0.25, 0.3) is 5.91 Å². The van der Waals surface area contributed by atoms with Gasteiger partial charge in [0, 0.05) is 12.1 Å². The molecule has 7 nitrogen and oxygen atoms in total. The van der Waals surface area contributed by atoms with Gasteiger partial charge in [-0.25, -0.2) is 4.21 Å². The largest absolute Gasteiger partial charge is 0.326 e. The second-order valence-electron chi connectivity index (χ2n) is 3.48. The van der Waals surface area contributed by atoms with Gasteiger partial charge in [-0.2, -0.15) is 0 Å². The van der Waals surface area contributed by atoms with Gasteiger partial charge in [-0.1, -0.05) is 23.5 Å². The smallest absolute Gasteiger partial charge is 0.257 e. The van der Waals surface area contributed by atoms with Crippen LogP contribution >= 0.6 is 11.3 Å². The van der Waals surface area contributed by atoms with Gasteiger partial charge in [0.1, 0.15) is 0 Å². The second-order valence-corrected chi connectivity index (χ2v) is 5.60. The predicted octanol–water partition coefficient (Wildman–Crippen LogP) is 0.830. The third-order valence-corrected chi connectivity index (χ3v) is 3.92. The van der Waals surface area contributed by atoms with Crippen molar-refractivity contribution < 1.29 is 13.6 Å². The van der Waals surface area contributed by atoms with E-state index < -0.39 is 11.1 Å². The molecule has 2 rings (SSSR count). The summed E-state index contributed by atoms with van der Waals surface area (Å²) in [7, 11) is 0. The highest BCUT2D eigenvalue weighted by Gasteiger charge is 2.12. The lowest BCUT2D eigenvalue weighted by Gasteiger charge is -2.02. The molecule has 0 spiro atoms. The molecule has 1 aromatic carbocycles. The van der Waals surface area contributed by atoms with Crippen LogP contribution in [0.15, 0.2) is 28.6 Å². The molecule has 0 aliphatic rings. The van der Waals surface area contributed by atoms with Crippen molar-refractivity contribution in [2.45, 2.75) is 10.9 Å². The molecular formula is C10H10N4O3S2. The molecule has 1 aromatic heterocycles. The first-order chi connectivity index (χ1) is 9.10. The molecule has 0 aliphatic heterocycles. The molecule has 0 fully saturated rings. The van der Waals surface area contributed by atoms with Crippen molar-refractivity contribution >= 4 is 33.5 Å². The Morgan fingerprint density at radius 2 is 2.05 bits per heavy atom. The van der Waals surface area contributed by atoms with Gasteiger partial charge in [-0.05, 0) is 17.7 Å². The van der Waals surface area contributed by atoms with Crippen LogP contribution in [0.5, 0.6) is 0 Å². The fourth-order valence-corrected chi connectivity index (χ4v) is 2.40. The molecule has 1 amide bonds. The van der Waals surface area contributed by atoms with E-state index in [1.54, 1.807) is 24.3 Å². The number of hydrogen-bond acceptors (Lipinski definition) is 6. The third-order valence-electron chi connectivity index (χ3n) is 2.23. The molecule has 0 saturated carbocycles. The number of nitrogens with two attached hydrogens (primary N) is 1. The van der Waals surface area contributed by atoms with E-state index in [1.165, 1.54) is 0 Å². The fourth-order valence-electron chi connectivity index (χ4n) is 1.29. The van der Waals surface area contributed by atoms with Crippen molar-refractivity contribution in [3.63, 3.8) is 0 Å². The highest BCUT2D eigenvalue weighted by Crippen LogP contribution is 2.18. The Hall–Kier alpha value is -1.68. The summed E-state index contributed by atoms with van der Waals surface area (Å²) in [6.45, 7) is 0.407. The minimum atomic E-state index is -2.19. The number of nitrogens with zero attached hydrogens (tertiary/aromatic N) is 2. The normalized spacial score (nSPS) is 12.1. The first-order valence-corrected chi connectivity index (χ1v) is 7.07. The van der Waals surface area contributed by atoms with Gasteiger partial charge < -0.3 is 10.3 Å². The van der Waals surface area contributed by atoms with Crippen LogP contribution < -0.4 is 11.1 Å². The van der Waals surface area contributed by atoms with Gasteiger partial charge in [-0.3, -0.25) is 10.1 Å². The molecule has 19 heavy (non-hydrogen) atoms. The molecular weight excluding hydrogens is 288 g/mol. The Bertz CT molecular complexity index is 611. The topological polar surface area (TPSA) is 118 Å². The molecule has 0 aliphatic carbocycles. The zero-order chi connectivity index (χ0) is 13.8. The number of benzene rings is 1. The van der Waals surface area contributed by atoms with Crippen molar-refractivity contribution in [3.8, 4) is 0 Å². The monoisotopic (exact) mass is 298 g/mol.